The van der Waals surface area contributed by atoms with Crippen molar-refractivity contribution < 1.29 is 24.4 Å². The molecule has 1 rings (SSSR count). The van der Waals surface area contributed by atoms with Gasteiger partial charge in [-0.2, -0.15) is 0 Å². The fraction of sp³-hybridized carbons (Fsp3) is 0.385. The molecule has 0 saturated heterocycles. The smallest absolute Gasteiger partial charge is 0.311 e. The van der Waals surface area contributed by atoms with Gasteiger partial charge in [-0.3, -0.25) is 19.7 Å². The summed E-state index contributed by atoms with van der Waals surface area (Å²) in [6, 6.07) is 3.93. The Morgan fingerprint density at radius 3 is 2.67 bits per heavy atom. The summed E-state index contributed by atoms with van der Waals surface area (Å²) in [6.07, 6.45) is 1.03. The molecule has 0 atom stereocenters. The zero-order valence-corrected chi connectivity index (χ0v) is 11.5. The van der Waals surface area contributed by atoms with Crippen LogP contribution in [0.4, 0.5) is 5.69 Å². The standard InChI is InChI=1S/C13H16N2O6/c1-21-11-6-5-9(8-10(11)15(19)20)13(18)14-7-3-2-4-12(16)17/h5-6,8H,2-4,7H2,1H3,(H,14,18)(H,16,17). The van der Waals surface area contributed by atoms with Gasteiger partial charge < -0.3 is 15.2 Å². The van der Waals surface area contributed by atoms with Crippen LogP contribution in [0.2, 0.25) is 0 Å². The topological polar surface area (TPSA) is 119 Å². The molecule has 114 valence electrons. The van der Waals surface area contributed by atoms with Crippen molar-refractivity contribution in [2.45, 2.75) is 19.3 Å². The molecule has 0 fully saturated rings. The molecule has 0 radical (unpaired) electrons. The number of hydrogen-bond acceptors (Lipinski definition) is 5. The number of carbonyl (C=O) groups excluding carboxylic acids is 1. The third-order valence-corrected chi connectivity index (χ3v) is 2.74. The van der Waals surface area contributed by atoms with Crippen LogP contribution in [-0.2, 0) is 4.79 Å². The number of nitrogens with one attached hydrogen (secondary N) is 1. The van der Waals surface area contributed by atoms with Gasteiger partial charge in [-0.15, -0.1) is 0 Å². The van der Waals surface area contributed by atoms with E-state index in [-0.39, 0.29) is 23.4 Å². The van der Waals surface area contributed by atoms with Crippen molar-refractivity contribution in [2.75, 3.05) is 13.7 Å². The predicted octanol–water partition coefficient (Wildman–Crippen LogP) is 1.59. The van der Waals surface area contributed by atoms with Gasteiger partial charge in [0.25, 0.3) is 5.91 Å². The zero-order chi connectivity index (χ0) is 15.8. The Morgan fingerprint density at radius 1 is 1.38 bits per heavy atom. The molecule has 0 heterocycles. The first-order valence-corrected chi connectivity index (χ1v) is 6.28. The Morgan fingerprint density at radius 2 is 2.10 bits per heavy atom. The molecular formula is C13H16N2O6. The summed E-state index contributed by atoms with van der Waals surface area (Å²) >= 11 is 0. The Kier molecular flexibility index (Phi) is 6.12. The van der Waals surface area contributed by atoms with Crippen LogP contribution < -0.4 is 10.1 Å². The number of aliphatic carboxylic acids is 1. The monoisotopic (exact) mass is 296 g/mol. The number of carbonyl (C=O) groups is 2. The fourth-order valence-corrected chi connectivity index (χ4v) is 1.68. The van der Waals surface area contributed by atoms with E-state index >= 15 is 0 Å². The van der Waals surface area contributed by atoms with Gasteiger partial charge in [0.1, 0.15) is 0 Å². The lowest BCUT2D eigenvalue weighted by Gasteiger charge is -2.06. The summed E-state index contributed by atoms with van der Waals surface area (Å²) in [5.74, 6) is -1.25. The minimum absolute atomic E-state index is 0.0455. The first-order valence-electron chi connectivity index (χ1n) is 6.28. The molecular weight excluding hydrogens is 280 g/mol. The van der Waals surface area contributed by atoms with E-state index in [2.05, 4.69) is 5.32 Å². The van der Waals surface area contributed by atoms with Gasteiger partial charge >= 0.3 is 11.7 Å². The zero-order valence-electron chi connectivity index (χ0n) is 11.5. The van der Waals surface area contributed by atoms with E-state index in [1.54, 1.807) is 0 Å². The summed E-state index contributed by atoms with van der Waals surface area (Å²) in [7, 11) is 1.31. The number of amides is 1. The van der Waals surface area contributed by atoms with E-state index in [1.165, 1.54) is 19.2 Å². The van der Waals surface area contributed by atoms with E-state index in [1.807, 2.05) is 0 Å². The Labute approximate surface area is 120 Å². The molecule has 0 saturated carbocycles. The molecule has 8 nitrogen and oxygen atoms in total. The summed E-state index contributed by atoms with van der Waals surface area (Å²) in [6.45, 7) is 0.311. The number of carboxylic acids is 1. The first-order chi connectivity index (χ1) is 9.95. The molecule has 21 heavy (non-hydrogen) atoms. The molecule has 0 bridgehead atoms. The summed E-state index contributed by atoms with van der Waals surface area (Å²) in [4.78, 5) is 32.4. The number of carboxylic acid groups (broad SMARTS) is 1. The van der Waals surface area contributed by atoms with E-state index in [9.17, 15) is 19.7 Å². The van der Waals surface area contributed by atoms with Crippen LogP contribution in [0.1, 0.15) is 29.6 Å². The van der Waals surface area contributed by atoms with E-state index in [0.717, 1.165) is 6.07 Å². The average molecular weight is 296 g/mol. The highest BCUT2D eigenvalue weighted by atomic mass is 16.6. The lowest BCUT2D eigenvalue weighted by Crippen LogP contribution is -2.24. The van der Waals surface area contributed by atoms with Gasteiger partial charge in [0, 0.05) is 24.6 Å². The molecule has 0 aliphatic carbocycles. The number of nitro benzene ring substituents is 1. The Bertz CT molecular complexity index is 543. The fourth-order valence-electron chi connectivity index (χ4n) is 1.68. The largest absolute Gasteiger partial charge is 0.490 e. The van der Waals surface area contributed by atoms with Gasteiger partial charge in [-0.05, 0) is 25.0 Å². The van der Waals surface area contributed by atoms with Crippen LogP contribution >= 0.6 is 0 Å². The second-order valence-corrected chi connectivity index (χ2v) is 4.25. The highest BCUT2D eigenvalue weighted by molar-refractivity contribution is 5.95. The van der Waals surface area contributed by atoms with Gasteiger partial charge in [0.15, 0.2) is 5.75 Å². The van der Waals surface area contributed by atoms with Crippen molar-refractivity contribution in [1.29, 1.82) is 0 Å². The highest BCUT2D eigenvalue weighted by Gasteiger charge is 2.17. The normalized spacial score (nSPS) is 9.95. The Balaban J connectivity index is 2.60. The van der Waals surface area contributed by atoms with Crippen molar-refractivity contribution in [1.82, 2.24) is 5.32 Å². The van der Waals surface area contributed by atoms with Crippen LogP contribution in [0.3, 0.4) is 0 Å². The van der Waals surface area contributed by atoms with Crippen molar-refractivity contribution in [3.8, 4) is 5.75 Å². The number of methoxy groups -OCH3 is 1. The minimum atomic E-state index is -0.882. The second-order valence-electron chi connectivity index (χ2n) is 4.25. The average Bonchev–Trinajstić information content (AvgIpc) is 2.45. The van der Waals surface area contributed by atoms with Crippen molar-refractivity contribution in [3.63, 3.8) is 0 Å². The highest BCUT2D eigenvalue weighted by Crippen LogP contribution is 2.27. The molecule has 0 unspecified atom stereocenters. The van der Waals surface area contributed by atoms with Crippen LogP contribution in [0, 0.1) is 10.1 Å². The minimum Gasteiger partial charge on any atom is -0.490 e. The molecule has 1 aromatic rings. The molecule has 1 amide bonds. The maximum absolute atomic E-state index is 11.8. The molecule has 0 aromatic heterocycles. The number of ether oxygens (including phenoxy) is 1. The van der Waals surface area contributed by atoms with Crippen LogP contribution in [0.15, 0.2) is 18.2 Å². The van der Waals surface area contributed by atoms with Crippen LogP contribution in [-0.4, -0.2) is 35.6 Å². The van der Waals surface area contributed by atoms with E-state index in [0.29, 0.717) is 19.4 Å². The van der Waals surface area contributed by atoms with Gasteiger partial charge in [0.05, 0.1) is 12.0 Å². The summed E-state index contributed by atoms with van der Waals surface area (Å²) < 4.78 is 4.85. The van der Waals surface area contributed by atoms with E-state index in [4.69, 9.17) is 9.84 Å². The maximum atomic E-state index is 11.8. The number of unbranched alkanes of at least 4 members (excludes halogenated alkanes) is 1. The lowest BCUT2D eigenvalue weighted by molar-refractivity contribution is -0.385. The number of rotatable bonds is 8. The Hall–Kier alpha value is -2.64. The number of nitro groups is 1. The summed E-state index contributed by atoms with van der Waals surface area (Å²) in [5, 5.41) is 21.9. The van der Waals surface area contributed by atoms with Gasteiger partial charge in [0.2, 0.25) is 0 Å². The van der Waals surface area contributed by atoms with Gasteiger partial charge in [-0.25, -0.2) is 0 Å². The molecule has 8 heteroatoms. The van der Waals surface area contributed by atoms with Crippen LogP contribution in [0.5, 0.6) is 5.75 Å². The van der Waals surface area contributed by atoms with Crippen molar-refractivity contribution in [2.24, 2.45) is 0 Å². The molecule has 0 spiro atoms. The van der Waals surface area contributed by atoms with Crippen LogP contribution in [0.25, 0.3) is 0 Å². The third-order valence-electron chi connectivity index (χ3n) is 2.74. The molecule has 2 N–H and O–H groups in total. The number of hydrogen-bond donors (Lipinski definition) is 2. The number of benzene rings is 1. The third kappa shape index (κ3) is 5.09. The van der Waals surface area contributed by atoms with Crippen molar-refractivity contribution >= 4 is 17.6 Å². The van der Waals surface area contributed by atoms with Crippen molar-refractivity contribution in [3.05, 3.63) is 33.9 Å². The molecule has 0 aliphatic rings. The lowest BCUT2D eigenvalue weighted by atomic mass is 10.1. The second kappa shape index (κ2) is 7.83. The quantitative estimate of drug-likeness (QED) is 0.427. The SMILES string of the molecule is COc1ccc(C(=O)NCCCCC(=O)O)cc1[N+](=O)[O-]. The molecule has 0 aliphatic heterocycles. The predicted molar refractivity (Wildman–Crippen MR) is 73.5 cm³/mol. The maximum Gasteiger partial charge on any atom is 0.311 e. The number of nitrogens with zero attached hydrogens (tertiary/aromatic N) is 1. The summed E-state index contributed by atoms with van der Waals surface area (Å²) in [5.41, 5.74) is -0.128. The first kappa shape index (κ1) is 16.4. The molecule has 1 aromatic carbocycles. The van der Waals surface area contributed by atoms with Gasteiger partial charge in [-0.1, -0.05) is 0 Å². The van der Waals surface area contributed by atoms with E-state index < -0.39 is 16.8 Å².